The number of anilines is 2. The molecule has 0 aliphatic rings. The van der Waals surface area contributed by atoms with Crippen LogP contribution in [-0.2, 0) is 35.6 Å². The SMILES string of the molecule is CCOC(=O)[C@@H](Cc1ccc(O)c([N+](=O)[O-])c1)NC(=O)CCC(=O)Nc1ccc(S(=O)(=O)Nc2nc(C)cc(C)n2)cc1. The number of benzene rings is 2. The summed E-state index contributed by atoms with van der Waals surface area (Å²) in [5.74, 6) is -2.58. The van der Waals surface area contributed by atoms with E-state index in [2.05, 4.69) is 25.3 Å². The van der Waals surface area contributed by atoms with Crippen LogP contribution in [0.5, 0.6) is 5.75 Å². The van der Waals surface area contributed by atoms with Crippen molar-refractivity contribution in [1.29, 1.82) is 0 Å². The Morgan fingerprint density at radius 2 is 1.63 bits per heavy atom. The molecule has 0 bridgehead atoms. The number of phenols is 1. The monoisotopic (exact) mass is 614 g/mol. The standard InChI is InChI=1S/C27H30N6O9S/c1-4-42-26(37)21(14-18-5-10-23(34)22(15-18)33(38)39)31-25(36)12-11-24(35)30-19-6-8-20(9-7-19)43(40,41)32-27-28-16(2)13-17(3)29-27/h5-10,13,15,21,34H,4,11-12,14H2,1-3H3,(H,30,35)(H,31,36)(H,28,29,32)/t21-/m1/s1. The number of nitrogens with one attached hydrogen (secondary N) is 3. The molecule has 0 radical (unpaired) electrons. The third-order valence-electron chi connectivity index (χ3n) is 5.82. The number of phenolic OH excluding ortho intramolecular Hbond substituents is 1. The number of esters is 1. The second-order valence-electron chi connectivity index (χ2n) is 9.31. The normalized spacial score (nSPS) is 11.7. The molecule has 1 heterocycles. The number of nitrogens with zero attached hydrogens (tertiary/aromatic N) is 3. The van der Waals surface area contributed by atoms with Gasteiger partial charge >= 0.3 is 11.7 Å². The molecule has 0 fully saturated rings. The van der Waals surface area contributed by atoms with E-state index in [0.717, 1.165) is 12.1 Å². The number of carbonyl (C=O) groups is 3. The van der Waals surface area contributed by atoms with Gasteiger partial charge in [-0.05, 0) is 62.7 Å². The lowest BCUT2D eigenvalue weighted by molar-refractivity contribution is -0.385. The smallest absolute Gasteiger partial charge is 0.328 e. The van der Waals surface area contributed by atoms with E-state index >= 15 is 0 Å². The van der Waals surface area contributed by atoms with Crippen molar-refractivity contribution in [3.05, 3.63) is 75.6 Å². The number of aromatic hydroxyl groups is 1. The maximum Gasteiger partial charge on any atom is 0.328 e. The first kappa shape index (κ1) is 32.4. The number of nitro benzene ring substituents is 1. The Morgan fingerprint density at radius 3 is 2.23 bits per heavy atom. The number of carbonyl (C=O) groups excluding carboxylic acids is 3. The molecule has 0 unspecified atom stereocenters. The molecule has 3 rings (SSSR count). The first-order valence-corrected chi connectivity index (χ1v) is 14.4. The van der Waals surface area contributed by atoms with Crippen LogP contribution in [0.25, 0.3) is 0 Å². The molecule has 2 aromatic carbocycles. The number of aryl methyl sites for hydroxylation is 2. The zero-order chi connectivity index (χ0) is 31.7. The third-order valence-corrected chi connectivity index (χ3v) is 7.16. The number of hydrogen-bond acceptors (Lipinski definition) is 11. The van der Waals surface area contributed by atoms with E-state index in [1.165, 1.54) is 30.3 Å². The van der Waals surface area contributed by atoms with Crippen molar-refractivity contribution in [1.82, 2.24) is 15.3 Å². The highest BCUT2D eigenvalue weighted by atomic mass is 32.2. The first-order valence-electron chi connectivity index (χ1n) is 12.9. The van der Waals surface area contributed by atoms with Crippen molar-refractivity contribution in [2.45, 2.75) is 51.0 Å². The first-order chi connectivity index (χ1) is 20.3. The van der Waals surface area contributed by atoms with Gasteiger partial charge in [-0.2, -0.15) is 0 Å². The molecule has 43 heavy (non-hydrogen) atoms. The van der Waals surface area contributed by atoms with Crippen LogP contribution in [0.3, 0.4) is 0 Å². The predicted molar refractivity (Wildman–Crippen MR) is 154 cm³/mol. The van der Waals surface area contributed by atoms with Gasteiger partial charge in [0.1, 0.15) is 6.04 Å². The minimum absolute atomic E-state index is 0.0267. The average molecular weight is 615 g/mol. The predicted octanol–water partition coefficient (Wildman–Crippen LogP) is 2.52. The topological polar surface area (TPSA) is 220 Å². The average Bonchev–Trinajstić information content (AvgIpc) is 2.92. The second-order valence-corrected chi connectivity index (χ2v) is 11.0. The third kappa shape index (κ3) is 9.46. The number of nitro groups is 1. The van der Waals surface area contributed by atoms with Crippen LogP contribution >= 0.6 is 0 Å². The quantitative estimate of drug-likeness (QED) is 0.124. The maximum absolute atomic E-state index is 12.7. The minimum atomic E-state index is -3.99. The van der Waals surface area contributed by atoms with E-state index in [9.17, 15) is 38.0 Å². The maximum atomic E-state index is 12.7. The molecular formula is C27H30N6O9S. The summed E-state index contributed by atoms with van der Waals surface area (Å²) in [6, 6.07) is 9.39. The summed E-state index contributed by atoms with van der Waals surface area (Å²) in [7, 11) is -3.99. The molecule has 1 aromatic heterocycles. The summed E-state index contributed by atoms with van der Waals surface area (Å²) < 4.78 is 32.7. The summed E-state index contributed by atoms with van der Waals surface area (Å²) in [6.45, 7) is 5.02. The molecule has 1 atom stereocenters. The van der Waals surface area contributed by atoms with Crippen LogP contribution in [0.2, 0.25) is 0 Å². The molecule has 0 saturated heterocycles. The molecule has 0 saturated carbocycles. The molecule has 3 aromatic rings. The number of ether oxygens (including phenoxy) is 1. The lowest BCUT2D eigenvalue weighted by Gasteiger charge is -2.17. The molecule has 15 nitrogen and oxygen atoms in total. The molecule has 0 aliphatic carbocycles. The Bertz CT molecular complexity index is 1610. The molecule has 2 amide bonds. The lowest BCUT2D eigenvalue weighted by atomic mass is 10.0. The van der Waals surface area contributed by atoms with Crippen LogP contribution in [0.1, 0.15) is 36.7 Å². The number of aromatic nitrogens is 2. The minimum Gasteiger partial charge on any atom is -0.502 e. The Hall–Kier alpha value is -5.12. The molecule has 0 spiro atoms. The Kier molecular flexibility index (Phi) is 10.7. The highest BCUT2D eigenvalue weighted by Crippen LogP contribution is 2.27. The lowest BCUT2D eigenvalue weighted by Crippen LogP contribution is -2.43. The molecule has 4 N–H and O–H groups in total. The van der Waals surface area contributed by atoms with Gasteiger partial charge in [0.2, 0.25) is 17.8 Å². The van der Waals surface area contributed by atoms with Crippen molar-refractivity contribution in [3.63, 3.8) is 0 Å². The molecule has 0 aliphatic heterocycles. The van der Waals surface area contributed by atoms with Crippen LogP contribution in [0.15, 0.2) is 53.4 Å². The highest BCUT2D eigenvalue weighted by molar-refractivity contribution is 7.92. The number of amides is 2. The Morgan fingerprint density at radius 1 is 1.00 bits per heavy atom. The van der Waals surface area contributed by atoms with E-state index in [-0.39, 0.29) is 42.4 Å². The summed E-state index contributed by atoms with van der Waals surface area (Å²) in [6.07, 6.45) is -0.723. The summed E-state index contributed by atoms with van der Waals surface area (Å²) in [4.78, 5) is 55.8. The van der Waals surface area contributed by atoms with Crippen molar-refractivity contribution >= 4 is 45.1 Å². The van der Waals surface area contributed by atoms with E-state index in [4.69, 9.17) is 4.74 Å². The number of sulfonamides is 1. The van der Waals surface area contributed by atoms with Gasteiger partial charge in [-0.15, -0.1) is 0 Å². The summed E-state index contributed by atoms with van der Waals surface area (Å²) in [5.41, 5.74) is 1.21. The van der Waals surface area contributed by atoms with Gasteiger partial charge in [-0.1, -0.05) is 6.07 Å². The fraction of sp³-hybridized carbons (Fsp3) is 0.296. The van der Waals surface area contributed by atoms with Gasteiger partial charge in [0.25, 0.3) is 10.0 Å². The molecule has 16 heteroatoms. The van der Waals surface area contributed by atoms with Crippen molar-refractivity contribution in [2.75, 3.05) is 16.6 Å². The number of hydrogen-bond donors (Lipinski definition) is 4. The zero-order valence-corrected chi connectivity index (χ0v) is 24.3. The van der Waals surface area contributed by atoms with Crippen LogP contribution < -0.4 is 15.4 Å². The van der Waals surface area contributed by atoms with Gasteiger partial charge in [0.15, 0.2) is 5.75 Å². The van der Waals surface area contributed by atoms with E-state index < -0.39 is 50.2 Å². The second kappa shape index (κ2) is 14.2. The molecule has 228 valence electrons. The van der Waals surface area contributed by atoms with Gasteiger partial charge in [0, 0.05) is 42.4 Å². The zero-order valence-electron chi connectivity index (χ0n) is 23.5. The molecular weight excluding hydrogens is 584 g/mol. The van der Waals surface area contributed by atoms with Gasteiger partial charge in [-0.25, -0.2) is 27.9 Å². The Balaban J connectivity index is 1.57. The Labute approximate surface area is 246 Å². The fourth-order valence-electron chi connectivity index (χ4n) is 3.90. The van der Waals surface area contributed by atoms with Crippen LogP contribution in [0, 0.1) is 24.0 Å². The van der Waals surface area contributed by atoms with Crippen LogP contribution in [0.4, 0.5) is 17.3 Å². The van der Waals surface area contributed by atoms with Gasteiger partial charge in [-0.3, -0.25) is 19.7 Å². The van der Waals surface area contributed by atoms with Crippen molar-refractivity contribution < 1.29 is 37.6 Å². The van der Waals surface area contributed by atoms with E-state index in [0.29, 0.717) is 17.0 Å². The van der Waals surface area contributed by atoms with E-state index in [1.54, 1.807) is 26.8 Å². The highest BCUT2D eigenvalue weighted by Gasteiger charge is 2.25. The van der Waals surface area contributed by atoms with Crippen molar-refractivity contribution in [2.24, 2.45) is 0 Å². The van der Waals surface area contributed by atoms with Crippen molar-refractivity contribution in [3.8, 4) is 5.75 Å². The van der Waals surface area contributed by atoms with Crippen LogP contribution in [-0.4, -0.2) is 58.8 Å². The van der Waals surface area contributed by atoms with E-state index in [1.807, 2.05) is 0 Å². The fourth-order valence-corrected chi connectivity index (χ4v) is 4.84. The van der Waals surface area contributed by atoms with Gasteiger partial charge < -0.3 is 20.5 Å². The number of rotatable bonds is 13. The summed E-state index contributed by atoms with van der Waals surface area (Å²) in [5, 5.41) is 25.8. The largest absolute Gasteiger partial charge is 0.502 e. The van der Waals surface area contributed by atoms with Gasteiger partial charge in [0.05, 0.1) is 16.4 Å². The summed E-state index contributed by atoms with van der Waals surface area (Å²) >= 11 is 0.